The molecule has 2 rings (SSSR count). The Morgan fingerprint density at radius 3 is 2.09 bits per heavy atom. The molecule has 0 unspecified atom stereocenters. The van der Waals surface area contributed by atoms with Gasteiger partial charge in [0.25, 0.3) is 0 Å². The Hall–Kier alpha value is -2.64. The van der Waals surface area contributed by atoms with Gasteiger partial charge in [-0.1, -0.05) is 12.1 Å². The van der Waals surface area contributed by atoms with E-state index in [1.54, 1.807) is 0 Å². The van der Waals surface area contributed by atoms with Crippen LogP contribution in [0.5, 0.6) is 5.75 Å². The summed E-state index contributed by atoms with van der Waals surface area (Å²) >= 11 is 0. The summed E-state index contributed by atoms with van der Waals surface area (Å²) in [7, 11) is 0. The Balaban J connectivity index is 2.52. The molecule has 2 aromatic rings. The van der Waals surface area contributed by atoms with Crippen LogP contribution in [-0.2, 0) is 0 Å². The number of ether oxygens (including phenoxy) is 1. The van der Waals surface area contributed by atoms with Crippen molar-refractivity contribution < 1.29 is 36.6 Å². The zero-order valence-electron chi connectivity index (χ0n) is 10.6. The summed E-state index contributed by atoms with van der Waals surface area (Å²) in [5.74, 6) is -4.85. The second kappa shape index (κ2) is 5.63. The van der Waals surface area contributed by atoms with Crippen LogP contribution in [0.3, 0.4) is 0 Å². The van der Waals surface area contributed by atoms with Crippen LogP contribution in [0.4, 0.5) is 22.0 Å². The van der Waals surface area contributed by atoms with Crippen LogP contribution in [0.25, 0.3) is 11.1 Å². The van der Waals surface area contributed by atoms with Crippen molar-refractivity contribution in [3.63, 3.8) is 0 Å². The number of carboxylic acids is 1. The number of alkyl halides is 3. The quantitative estimate of drug-likeness (QED) is 0.862. The van der Waals surface area contributed by atoms with Gasteiger partial charge in [-0.05, 0) is 35.4 Å². The molecule has 116 valence electrons. The summed E-state index contributed by atoms with van der Waals surface area (Å²) in [5, 5.41) is 8.85. The summed E-state index contributed by atoms with van der Waals surface area (Å²) in [4.78, 5) is 10.9. The molecule has 2 aromatic carbocycles. The molecule has 0 saturated heterocycles. The van der Waals surface area contributed by atoms with E-state index in [0.29, 0.717) is 0 Å². The van der Waals surface area contributed by atoms with E-state index in [1.807, 2.05) is 0 Å². The first-order valence-corrected chi connectivity index (χ1v) is 5.76. The third-order valence-electron chi connectivity index (χ3n) is 2.69. The first-order valence-electron chi connectivity index (χ1n) is 5.76. The third-order valence-corrected chi connectivity index (χ3v) is 2.69. The molecule has 3 nitrogen and oxygen atoms in total. The van der Waals surface area contributed by atoms with Crippen LogP contribution in [0, 0.1) is 11.6 Å². The average Bonchev–Trinajstić information content (AvgIpc) is 2.39. The number of hydrogen-bond donors (Lipinski definition) is 1. The van der Waals surface area contributed by atoms with Crippen molar-refractivity contribution in [3.05, 3.63) is 53.6 Å². The van der Waals surface area contributed by atoms with Crippen molar-refractivity contribution in [2.75, 3.05) is 0 Å². The normalized spacial score (nSPS) is 11.3. The van der Waals surface area contributed by atoms with Crippen LogP contribution in [-0.4, -0.2) is 17.4 Å². The predicted octanol–water partition coefficient (Wildman–Crippen LogP) is 4.23. The molecule has 1 N–H and O–H groups in total. The van der Waals surface area contributed by atoms with Gasteiger partial charge < -0.3 is 9.84 Å². The molecule has 0 amide bonds. The maximum atomic E-state index is 13.2. The van der Waals surface area contributed by atoms with E-state index in [0.717, 1.165) is 30.3 Å². The minimum Gasteiger partial charge on any atom is -0.478 e. The van der Waals surface area contributed by atoms with Gasteiger partial charge in [0.2, 0.25) is 0 Å². The monoisotopic (exact) mass is 318 g/mol. The minimum absolute atomic E-state index is 0.0446. The van der Waals surface area contributed by atoms with Crippen LogP contribution >= 0.6 is 0 Å². The first-order chi connectivity index (χ1) is 10.2. The number of benzene rings is 2. The summed E-state index contributed by atoms with van der Waals surface area (Å²) in [6.45, 7) is 0. The SMILES string of the molecule is O=C(O)c1ccc(-c2ccc(F)c(F)c2)cc1OC(F)(F)F. The summed E-state index contributed by atoms with van der Waals surface area (Å²) < 4.78 is 66.6. The Bertz CT molecular complexity index is 725. The van der Waals surface area contributed by atoms with Gasteiger partial charge in [-0.25, -0.2) is 13.6 Å². The van der Waals surface area contributed by atoms with Crippen LogP contribution in [0.1, 0.15) is 10.4 Å². The molecule has 0 spiro atoms. The van der Waals surface area contributed by atoms with Gasteiger partial charge in [-0.3, -0.25) is 0 Å². The molecule has 0 fully saturated rings. The molecule has 0 aliphatic rings. The van der Waals surface area contributed by atoms with E-state index >= 15 is 0 Å². The lowest BCUT2D eigenvalue weighted by Gasteiger charge is -2.13. The lowest BCUT2D eigenvalue weighted by molar-refractivity contribution is -0.274. The third kappa shape index (κ3) is 3.51. The largest absolute Gasteiger partial charge is 0.573 e. The van der Waals surface area contributed by atoms with Crippen molar-refractivity contribution in [3.8, 4) is 16.9 Å². The van der Waals surface area contributed by atoms with E-state index in [1.165, 1.54) is 6.07 Å². The van der Waals surface area contributed by atoms with Crippen LogP contribution in [0.15, 0.2) is 36.4 Å². The number of hydrogen-bond acceptors (Lipinski definition) is 2. The Morgan fingerprint density at radius 1 is 0.955 bits per heavy atom. The highest BCUT2D eigenvalue weighted by Gasteiger charge is 2.33. The maximum Gasteiger partial charge on any atom is 0.573 e. The average molecular weight is 318 g/mol. The lowest BCUT2D eigenvalue weighted by Crippen LogP contribution is -2.19. The molecule has 22 heavy (non-hydrogen) atoms. The Labute approximate surface area is 120 Å². The molecule has 0 heterocycles. The molecule has 0 atom stereocenters. The molecule has 0 aliphatic heterocycles. The fourth-order valence-corrected chi connectivity index (χ4v) is 1.76. The van der Waals surface area contributed by atoms with Gasteiger partial charge in [-0.2, -0.15) is 0 Å². The van der Waals surface area contributed by atoms with E-state index in [9.17, 15) is 26.7 Å². The molecule has 0 bridgehead atoms. The van der Waals surface area contributed by atoms with Crippen molar-refractivity contribution in [2.24, 2.45) is 0 Å². The molecule has 8 heteroatoms. The van der Waals surface area contributed by atoms with Gasteiger partial charge >= 0.3 is 12.3 Å². The highest BCUT2D eigenvalue weighted by Crippen LogP contribution is 2.32. The van der Waals surface area contributed by atoms with Crippen molar-refractivity contribution in [1.82, 2.24) is 0 Å². The number of carbonyl (C=O) groups is 1. The highest BCUT2D eigenvalue weighted by atomic mass is 19.4. The van der Waals surface area contributed by atoms with Crippen LogP contribution < -0.4 is 4.74 Å². The van der Waals surface area contributed by atoms with Crippen molar-refractivity contribution in [1.29, 1.82) is 0 Å². The Kier molecular flexibility index (Phi) is 4.03. The molecule has 0 aliphatic carbocycles. The van der Waals surface area contributed by atoms with E-state index in [-0.39, 0.29) is 11.1 Å². The van der Waals surface area contributed by atoms with Gasteiger partial charge in [0, 0.05) is 0 Å². The van der Waals surface area contributed by atoms with Crippen LogP contribution in [0.2, 0.25) is 0 Å². The fourth-order valence-electron chi connectivity index (χ4n) is 1.76. The zero-order chi connectivity index (χ0) is 16.5. The number of rotatable bonds is 3. The molecule has 0 saturated carbocycles. The number of aromatic carboxylic acids is 1. The van der Waals surface area contributed by atoms with Crippen molar-refractivity contribution >= 4 is 5.97 Å². The summed E-state index contributed by atoms with van der Waals surface area (Å²) in [6.07, 6.45) is -5.09. The Morgan fingerprint density at radius 2 is 1.55 bits per heavy atom. The zero-order valence-corrected chi connectivity index (χ0v) is 10.6. The van der Waals surface area contributed by atoms with Gasteiger partial charge in [-0.15, -0.1) is 13.2 Å². The van der Waals surface area contributed by atoms with E-state index in [2.05, 4.69) is 4.74 Å². The molecule has 0 aromatic heterocycles. The standard InChI is InChI=1S/C14H7F5O3/c15-10-4-2-7(5-11(10)16)8-1-3-9(13(20)21)12(6-8)22-14(17,18)19/h1-6H,(H,20,21). The molecular weight excluding hydrogens is 311 g/mol. The lowest BCUT2D eigenvalue weighted by atomic mass is 10.0. The van der Waals surface area contributed by atoms with Crippen molar-refractivity contribution in [2.45, 2.75) is 6.36 Å². The fraction of sp³-hybridized carbons (Fsp3) is 0.0714. The predicted molar refractivity (Wildman–Crippen MR) is 65.4 cm³/mol. The molecular formula is C14H7F5O3. The summed E-state index contributed by atoms with van der Waals surface area (Å²) in [6, 6.07) is 5.58. The second-order valence-corrected chi connectivity index (χ2v) is 4.19. The number of halogens is 5. The van der Waals surface area contributed by atoms with E-state index < -0.39 is 35.3 Å². The maximum absolute atomic E-state index is 13.2. The number of carboxylic acid groups (broad SMARTS) is 1. The van der Waals surface area contributed by atoms with Gasteiger partial charge in [0.15, 0.2) is 11.6 Å². The van der Waals surface area contributed by atoms with E-state index in [4.69, 9.17) is 5.11 Å². The first kappa shape index (κ1) is 15.7. The molecule has 0 radical (unpaired) electrons. The highest BCUT2D eigenvalue weighted by molar-refractivity contribution is 5.92. The summed E-state index contributed by atoms with van der Waals surface area (Å²) in [5.41, 5.74) is -0.588. The smallest absolute Gasteiger partial charge is 0.478 e. The van der Waals surface area contributed by atoms with Gasteiger partial charge in [0.05, 0.1) is 0 Å². The topological polar surface area (TPSA) is 46.5 Å². The second-order valence-electron chi connectivity index (χ2n) is 4.19. The minimum atomic E-state index is -5.09. The van der Waals surface area contributed by atoms with Gasteiger partial charge in [0.1, 0.15) is 11.3 Å².